The fourth-order valence-electron chi connectivity index (χ4n) is 4.21. The van der Waals surface area contributed by atoms with Crippen molar-refractivity contribution in [2.45, 2.75) is 13.0 Å². The Morgan fingerprint density at radius 2 is 1.50 bits per heavy atom. The van der Waals surface area contributed by atoms with Crippen LogP contribution in [0.2, 0.25) is 0 Å². The number of rotatable bonds is 10. The molecule has 0 spiro atoms. The van der Waals surface area contributed by atoms with E-state index in [0.717, 1.165) is 39.5 Å². The van der Waals surface area contributed by atoms with Crippen LogP contribution in [0.5, 0.6) is 11.5 Å². The van der Waals surface area contributed by atoms with Crippen LogP contribution in [0.3, 0.4) is 0 Å². The number of methoxy groups -OCH3 is 1. The second kappa shape index (κ2) is 12.2. The van der Waals surface area contributed by atoms with Crippen molar-refractivity contribution in [2.75, 3.05) is 7.11 Å². The van der Waals surface area contributed by atoms with Crippen molar-refractivity contribution in [3.63, 3.8) is 0 Å². The number of carbonyl (C=O) groups is 1. The fourth-order valence-corrected chi connectivity index (χ4v) is 5.17. The molecule has 5 aromatic rings. The molecule has 1 aromatic heterocycles. The molecule has 0 bridgehead atoms. The normalized spacial score (nSPS) is 11.0. The van der Waals surface area contributed by atoms with Crippen molar-refractivity contribution in [1.29, 1.82) is 0 Å². The van der Waals surface area contributed by atoms with Crippen molar-refractivity contribution in [3.05, 3.63) is 148 Å². The molecule has 1 heterocycles. The van der Waals surface area contributed by atoms with Crippen molar-refractivity contribution in [3.8, 4) is 22.6 Å². The van der Waals surface area contributed by atoms with Gasteiger partial charge in [0.2, 0.25) is 0 Å². The molecule has 5 rings (SSSR count). The third-order valence-electron chi connectivity index (χ3n) is 6.21. The van der Waals surface area contributed by atoms with E-state index in [1.54, 1.807) is 24.5 Å². The van der Waals surface area contributed by atoms with Crippen molar-refractivity contribution in [2.24, 2.45) is 0 Å². The molecule has 0 radical (unpaired) electrons. The van der Waals surface area contributed by atoms with Gasteiger partial charge in [0.25, 0.3) is 0 Å². The maximum Gasteiger partial charge on any atom is 0.195 e. The maximum absolute atomic E-state index is 12.8. The Labute approximate surface area is 227 Å². The molecule has 0 aliphatic carbocycles. The summed E-state index contributed by atoms with van der Waals surface area (Å²) in [4.78, 5) is 14.7. The Kier molecular flexibility index (Phi) is 8.12. The fraction of sp³-hybridized carbons (Fsp3) is 0.0882. The van der Waals surface area contributed by atoms with Crippen LogP contribution in [-0.2, 0) is 13.0 Å². The average molecular weight is 517 g/mol. The van der Waals surface area contributed by atoms with E-state index < -0.39 is 0 Å². The van der Waals surface area contributed by atoms with Crippen molar-refractivity contribution in [1.82, 2.24) is 0 Å². The smallest absolute Gasteiger partial charge is 0.195 e. The van der Waals surface area contributed by atoms with E-state index in [1.165, 1.54) is 16.0 Å². The molecule has 0 aliphatic rings. The molecule has 0 aliphatic heterocycles. The average Bonchev–Trinajstić information content (AvgIpc) is 3.44. The van der Waals surface area contributed by atoms with Crippen LogP contribution in [-0.4, -0.2) is 12.9 Å². The second-order valence-corrected chi connectivity index (χ2v) is 10.0. The summed E-state index contributed by atoms with van der Waals surface area (Å²) in [5.74, 6) is 1.53. The first kappa shape index (κ1) is 25.2. The Bertz CT molecular complexity index is 1520. The minimum absolute atomic E-state index is 0.00133. The van der Waals surface area contributed by atoms with E-state index in [-0.39, 0.29) is 5.78 Å². The molecule has 0 atom stereocenters. The van der Waals surface area contributed by atoms with Gasteiger partial charge in [-0.05, 0) is 64.7 Å². The van der Waals surface area contributed by atoms with Gasteiger partial charge in [-0.3, -0.25) is 4.79 Å². The van der Waals surface area contributed by atoms with E-state index in [9.17, 15) is 4.79 Å². The van der Waals surface area contributed by atoms with Crippen LogP contribution >= 0.6 is 11.3 Å². The minimum Gasteiger partial charge on any atom is -0.496 e. The monoisotopic (exact) mass is 516 g/mol. The number of ketones is 1. The first-order valence-electron chi connectivity index (χ1n) is 12.5. The molecule has 0 N–H and O–H groups in total. The van der Waals surface area contributed by atoms with Crippen LogP contribution in [0.15, 0.2) is 121 Å². The second-order valence-electron chi connectivity index (χ2n) is 8.88. The topological polar surface area (TPSA) is 35.5 Å². The summed E-state index contributed by atoms with van der Waals surface area (Å²) in [6.07, 6.45) is 4.31. The van der Waals surface area contributed by atoms with Crippen molar-refractivity contribution < 1.29 is 14.3 Å². The summed E-state index contributed by atoms with van der Waals surface area (Å²) in [6.45, 7) is 0.358. The van der Waals surface area contributed by atoms with Gasteiger partial charge < -0.3 is 9.47 Å². The first-order valence-corrected chi connectivity index (χ1v) is 13.3. The quantitative estimate of drug-likeness (QED) is 0.138. The van der Waals surface area contributed by atoms with Gasteiger partial charge in [-0.15, -0.1) is 11.3 Å². The van der Waals surface area contributed by atoms with E-state index in [0.29, 0.717) is 6.61 Å². The molecule has 4 heteroatoms. The van der Waals surface area contributed by atoms with Gasteiger partial charge in [0.1, 0.15) is 18.1 Å². The van der Waals surface area contributed by atoms with Crippen LogP contribution < -0.4 is 9.47 Å². The lowest BCUT2D eigenvalue weighted by atomic mass is 10.1. The Hall–Kier alpha value is -4.41. The largest absolute Gasteiger partial charge is 0.496 e. The van der Waals surface area contributed by atoms with Crippen LogP contribution in [0, 0.1) is 0 Å². The third kappa shape index (κ3) is 6.47. The molecule has 4 aromatic carbocycles. The molecular weight excluding hydrogens is 488 g/mol. The number of hydrogen-bond donors (Lipinski definition) is 0. The summed E-state index contributed by atoms with van der Waals surface area (Å²) < 4.78 is 11.6. The van der Waals surface area contributed by atoms with E-state index in [1.807, 2.05) is 84.9 Å². The predicted molar refractivity (Wildman–Crippen MR) is 156 cm³/mol. The zero-order chi connectivity index (χ0) is 26.2. The molecular formula is C34H28O3S. The van der Waals surface area contributed by atoms with Crippen molar-refractivity contribution >= 4 is 23.2 Å². The molecule has 0 fully saturated rings. The first-order chi connectivity index (χ1) is 18.7. The summed E-state index contributed by atoms with van der Waals surface area (Å²) in [5, 5.41) is 0. The van der Waals surface area contributed by atoms with Gasteiger partial charge in [-0.2, -0.15) is 0 Å². The SMILES string of the molecule is COc1ccc(/C=C/C(=O)c2ccc(Cc3ccccc3)s2)cc1COc1ccc(-c2ccccc2)cc1. The molecule has 0 unspecified atom stereocenters. The Balaban J connectivity index is 1.23. The maximum atomic E-state index is 12.8. The highest BCUT2D eigenvalue weighted by Crippen LogP contribution is 2.26. The summed E-state index contributed by atoms with van der Waals surface area (Å²) in [5.41, 5.74) is 5.38. The molecule has 0 saturated heterocycles. The summed E-state index contributed by atoms with van der Waals surface area (Å²) in [6, 6.07) is 38.4. The Morgan fingerprint density at radius 3 is 2.24 bits per heavy atom. The highest BCUT2D eigenvalue weighted by molar-refractivity contribution is 7.14. The summed E-state index contributed by atoms with van der Waals surface area (Å²) in [7, 11) is 1.65. The van der Waals surface area contributed by atoms with Gasteiger partial charge in [-0.1, -0.05) is 84.9 Å². The van der Waals surface area contributed by atoms with E-state index in [2.05, 4.69) is 36.4 Å². The minimum atomic E-state index is 0.00133. The van der Waals surface area contributed by atoms with Gasteiger partial charge in [0.15, 0.2) is 5.78 Å². The van der Waals surface area contributed by atoms with Gasteiger partial charge in [0, 0.05) is 16.9 Å². The van der Waals surface area contributed by atoms with Crippen LogP contribution in [0.25, 0.3) is 17.2 Å². The van der Waals surface area contributed by atoms with Gasteiger partial charge >= 0.3 is 0 Å². The molecule has 0 amide bonds. The molecule has 188 valence electrons. The molecule has 38 heavy (non-hydrogen) atoms. The summed E-state index contributed by atoms with van der Waals surface area (Å²) >= 11 is 1.54. The van der Waals surface area contributed by atoms with Crippen LogP contribution in [0.4, 0.5) is 0 Å². The number of thiophene rings is 1. The standard InChI is InChI=1S/C34H28O3S/c1-36-33-20-13-26(12-19-32(35)34-21-18-31(38-34)23-25-8-4-2-5-9-25)22-29(33)24-37-30-16-14-28(15-17-30)27-10-6-3-7-11-27/h2-22H,23-24H2,1H3/b19-12+. The number of allylic oxidation sites excluding steroid dienone is 1. The number of carbonyl (C=O) groups excluding carboxylic acids is 1. The highest BCUT2D eigenvalue weighted by Gasteiger charge is 2.09. The third-order valence-corrected chi connectivity index (χ3v) is 7.31. The lowest BCUT2D eigenvalue weighted by Crippen LogP contribution is -1.99. The predicted octanol–water partition coefficient (Wildman–Crippen LogP) is 8.49. The molecule has 3 nitrogen and oxygen atoms in total. The number of hydrogen-bond acceptors (Lipinski definition) is 4. The van der Waals surface area contributed by atoms with E-state index in [4.69, 9.17) is 9.47 Å². The zero-order valence-corrected chi connectivity index (χ0v) is 22.0. The number of benzene rings is 4. The Morgan fingerprint density at radius 1 is 0.789 bits per heavy atom. The van der Waals surface area contributed by atoms with E-state index >= 15 is 0 Å². The lowest BCUT2D eigenvalue weighted by molar-refractivity contribution is 0.105. The molecule has 0 saturated carbocycles. The lowest BCUT2D eigenvalue weighted by Gasteiger charge is -2.12. The van der Waals surface area contributed by atoms with Gasteiger partial charge in [-0.25, -0.2) is 0 Å². The number of ether oxygens (including phenoxy) is 2. The van der Waals surface area contributed by atoms with Gasteiger partial charge in [0.05, 0.1) is 12.0 Å². The highest BCUT2D eigenvalue weighted by atomic mass is 32.1. The van der Waals surface area contributed by atoms with Crippen LogP contribution in [0.1, 0.15) is 31.2 Å². The zero-order valence-electron chi connectivity index (χ0n) is 21.2.